The number of allylic oxidation sites excluding steroid dienone is 1. The Bertz CT molecular complexity index is 886. The molecule has 0 saturated heterocycles. The molecular formula is C24H24F6O. The van der Waals surface area contributed by atoms with Gasteiger partial charge in [-0.2, -0.15) is 0 Å². The summed E-state index contributed by atoms with van der Waals surface area (Å²) in [5.41, 5.74) is -0.337. The third-order valence-electron chi connectivity index (χ3n) is 5.78. The largest absolute Gasteiger partial charge is 0.459 e. The van der Waals surface area contributed by atoms with Crippen LogP contribution in [-0.2, 0) is 0 Å². The summed E-state index contributed by atoms with van der Waals surface area (Å²) in [6.07, 6.45) is 3.92. The van der Waals surface area contributed by atoms with Gasteiger partial charge in [-0.3, -0.25) is 0 Å². The first-order valence-corrected chi connectivity index (χ1v) is 10.4. The Labute approximate surface area is 177 Å². The third kappa shape index (κ3) is 5.63. The molecule has 2 aromatic rings. The maximum Gasteiger partial charge on any atom is 0.260 e. The minimum atomic E-state index is -2.85. The minimum Gasteiger partial charge on any atom is -0.459 e. The van der Waals surface area contributed by atoms with Crippen LogP contribution in [0.15, 0.2) is 36.6 Å². The first-order chi connectivity index (χ1) is 14.8. The van der Waals surface area contributed by atoms with Crippen molar-refractivity contribution in [3.63, 3.8) is 0 Å². The summed E-state index contributed by atoms with van der Waals surface area (Å²) >= 11 is 0. The zero-order chi connectivity index (χ0) is 22.5. The minimum absolute atomic E-state index is 0.0528. The molecule has 1 saturated carbocycles. The Morgan fingerprint density at radius 3 is 2.00 bits per heavy atom. The fourth-order valence-electron chi connectivity index (χ4n) is 4.28. The van der Waals surface area contributed by atoms with Crippen LogP contribution in [0.4, 0.5) is 26.3 Å². The second-order valence-corrected chi connectivity index (χ2v) is 7.92. The van der Waals surface area contributed by atoms with Gasteiger partial charge in [0.05, 0.1) is 11.8 Å². The summed E-state index contributed by atoms with van der Waals surface area (Å²) in [6.45, 7) is 2.14. The van der Waals surface area contributed by atoms with E-state index in [1.165, 1.54) is 12.1 Å². The molecule has 0 spiro atoms. The van der Waals surface area contributed by atoms with Crippen molar-refractivity contribution in [1.29, 1.82) is 0 Å². The number of alkyl halides is 2. The van der Waals surface area contributed by atoms with E-state index in [2.05, 4.69) is 11.7 Å². The number of rotatable bonds is 7. The molecule has 0 aromatic heterocycles. The number of ether oxygens (including phenoxy) is 1. The van der Waals surface area contributed by atoms with Crippen molar-refractivity contribution < 1.29 is 31.1 Å². The Morgan fingerprint density at radius 2 is 1.48 bits per heavy atom. The van der Waals surface area contributed by atoms with Gasteiger partial charge >= 0.3 is 0 Å². The molecule has 0 aliphatic heterocycles. The SMILES string of the molecule is CCCC1CCC(c2cc(F)c(-c3cc(F)c(OC=CC(F)F)c(F)c3)c(F)c2)CC1. The van der Waals surface area contributed by atoms with Gasteiger partial charge in [-0.1, -0.05) is 19.8 Å². The molecule has 0 atom stereocenters. The third-order valence-corrected chi connectivity index (χ3v) is 5.78. The van der Waals surface area contributed by atoms with E-state index < -0.39 is 41.0 Å². The Morgan fingerprint density at radius 1 is 0.903 bits per heavy atom. The van der Waals surface area contributed by atoms with Crippen molar-refractivity contribution in [3.8, 4) is 16.9 Å². The molecule has 0 heterocycles. The summed E-state index contributed by atoms with van der Waals surface area (Å²) in [6, 6.07) is 3.89. The average Bonchev–Trinajstić information content (AvgIpc) is 2.70. The van der Waals surface area contributed by atoms with Crippen LogP contribution >= 0.6 is 0 Å². The standard InChI is InChI=1S/C24H24F6O/c1-2-3-14-4-6-15(7-5-14)16-10-18(25)23(19(26)11-16)17-12-20(27)24(21(28)13-17)31-9-8-22(29)30/h8-15,22H,2-7H2,1H3. The van der Waals surface area contributed by atoms with Crippen LogP contribution in [0.2, 0.25) is 0 Å². The normalized spacial score (nSPS) is 19.4. The number of hydrogen-bond acceptors (Lipinski definition) is 1. The predicted octanol–water partition coefficient (Wildman–Crippen LogP) is 8.14. The van der Waals surface area contributed by atoms with Gasteiger partial charge in [-0.05, 0) is 72.9 Å². The zero-order valence-electron chi connectivity index (χ0n) is 17.1. The van der Waals surface area contributed by atoms with Crippen LogP contribution in [0.1, 0.15) is 56.9 Å². The number of benzene rings is 2. The van der Waals surface area contributed by atoms with E-state index in [0.29, 0.717) is 36.0 Å². The fraction of sp³-hybridized carbons (Fsp3) is 0.417. The van der Waals surface area contributed by atoms with Crippen molar-refractivity contribution in [2.24, 2.45) is 5.92 Å². The molecular weight excluding hydrogens is 418 g/mol. The maximum absolute atomic E-state index is 14.8. The first-order valence-electron chi connectivity index (χ1n) is 10.4. The van der Waals surface area contributed by atoms with E-state index in [4.69, 9.17) is 0 Å². The molecule has 31 heavy (non-hydrogen) atoms. The predicted molar refractivity (Wildman–Crippen MR) is 107 cm³/mol. The Hall–Kier alpha value is -2.44. The lowest BCUT2D eigenvalue weighted by Gasteiger charge is -2.29. The van der Waals surface area contributed by atoms with E-state index in [-0.39, 0.29) is 11.5 Å². The van der Waals surface area contributed by atoms with Gasteiger partial charge in [0.1, 0.15) is 11.6 Å². The average molecular weight is 442 g/mol. The van der Waals surface area contributed by atoms with Crippen molar-refractivity contribution >= 4 is 0 Å². The Balaban J connectivity index is 1.84. The van der Waals surface area contributed by atoms with Gasteiger partial charge < -0.3 is 4.74 Å². The molecule has 1 aliphatic rings. The van der Waals surface area contributed by atoms with Gasteiger partial charge in [0.15, 0.2) is 17.4 Å². The summed E-state index contributed by atoms with van der Waals surface area (Å²) in [5, 5.41) is 0. The smallest absolute Gasteiger partial charge is 0.260 e. The fourth-order valence-corrected chi connectivity index (χ4v) is 4.28. The molecule has 0 unspecified atom stereocenters. The molecule has 0 radical (unpaired) electrons. The van der Waals surface area contributed by atoms with Crippen LogP contribution in [0.5, 0.6) is 5.75 Å². The van der Waals surface area contributed by atoms with Crippen LogP contribution in [0.25, 0.3) is 11.1 Å². The van der Waals surface area contributed by atoms with E-state index in [1.807, 2.05) is 0 Å². The topological polar surface area (TPSA) is 9.23 Å². The lowest BCUT2D eigenvalue weighted by molar-refractivity contribution is 0.200. The van der Waals surface area contributed by atoms with E-state index in [9.17, 15) is 26.3 Å². The van der Waals surface area contributed by atoms with Crippen LogP contribution < -0.4 is 4.74 Å². The lowest BCUT2D eigenvalue weighted by Crippen LogP contribution is -2.13. The summed E-state index contributed by atoms with van der Waals surface area (Å²) < 4.78 is 86.8. The quantitative estimate of drug-likeness (QED) is 0.311. The molecule has 0 amide bonds. The van der Waals surface area contributed by atoms with Gasteiger partial charge in [0.2, 0.25) is 0 Å². The summed E-state index contributed by atoms with van der Waals surface area (Å²) in [5.74, 6) is -4.56. The molecule has 2 aromatic carbocycles. The van der Waals surface area contributed by atoms with Crippen molar-refractivity contribution in [1.82, 2.24) is 0 Å². The van der Waals surface area contributed by atoms with Gasteiger partial charge in [-0.15, -0.1) is 0 Å². The highest BCUT2D eigenvalue weighted by Crippen LogP contribution is 2.40. The zero-order valence-corrected chi connectivity index (χ0v) is 17.1. The lowest BCUT2D eigenvalue weighted by atomic mass is 9.77. The molecule has 7 heteroatoms. The summed E-state index contributed by atoms with van der Waals surface area (Å²) in [7, 11) is 0. The van der Waals surface area contributed by atoms with Crippen LogP contribution in [0, 0.1) is 29.2 Å². The Kier molecular flexibility index (Phi) is 7.68. The van der Waals surface area contributed by atoms with Gasteiger partial charge in [0, 0.05) is 6.08 Å². The number of halogens is 6. The van der Waals surface area contributed by atoms with E-state index in [1.54, 1.807) is 0 Å². The molecule has 1 fully saturated rings. The highest BCUT2D eigenvalue weighted by Gasteiger charge is 2.25. The number of hydrogen-bond donors (Lipinski definition) is 0. The van der Waals surface area contributed by atoms with Crippen LogP contribution in [0.3, 0.4) is 0 Å². The first kappa shape index (κ1) is 23.2. The molecule has 3 rings (SSSR count). The molecule has 0 bridgehead atoms. The molecule has 1 aliphatic carbocycles. The van der Waals surface area contributed by atoms with E-state index >= 15 is 0 Å². The van der Waals surface area contributed by atoms with Crippen molar-refractivity contribution in [2.45, 2.75) is 57.8 Å². The maximum atomic E-state index is 14.8. The summed E-state index contributed by atoms with van der Waals surface area (Å²) in [4.78, 5) is 0. The van der Waals surface area contributed by atoms with Crippen LogP contribution in [-0.4, -0.2) is 6.43 Å². The highest BCUT2D eigenvalue weighted by molar-refractivity contribution is 5.66. The van der Waals surface area contributed by atoms with Gasteiger partial charge in [-0.25, -0.2) is 26.3 Å². The van der Waals surface area contributed by atoms with Crippen molar-refractivity contribution in [2.75, 3.05) is 0 Å². The monoisotopic (exact) mass is 442 g/mol. The second-order valence-electron chi connectivity index (χ2n) is 7.92. The highest BCUT2D eigenvalue weighted by atomic mass is 19.3. The molecule has 168 valence electrons. The van der Waals surface area contributed by atoms with E-state index in [0.717, 1.165) is 38.5 Å². The molecule has 1 nitrogen and oxygen atoms in total. The second kappa shape index (κ2) is 10.2. The van der Waals surface area contributed by atoms with Gasteiger partial charge in [0.25, 0.3) is 6.43 Å². The van der Waals surface area contributed by atoms with Crippen molar-refractivity contribution in [3.05, 3.63) is 65.4 Å². The molecule has 0 N–H and O–H groups in total.